The molecule has 2 fully saturated rings. The Morgan fingerprint density at radius 2 is 1.93 bits per heavy atom. The molecule has 28 heavy (non-hydrogen) atoms. The largest absolute Gasteiger partial charge is 0.369 e. The first kappa shape index (κ1) is 18.8. The topological polar surface area (TPSA) is 64.7 Å². The third kappa shape index (κ3) is 4.14. The lowest BCUT2D eigenvalue weighted by Crippen LogP contribution is -2.46. The summed E-state index contributed by atoms with van der Waals surface area (Å²) in [5, 5.41) is 5.98. The van der Waals surface area contributed by atoms with Crippen molar-refractivity contribution in [2.24, 2.45) is 0 Å². The first-order chi connectivity index (χ1) is 13.6. The fourth-order valence-electron chi connectivity index (χ4n) is 3.72. The maximum Gasteiger partial charge on any atom is 0.321 e. The lowest BCUT2D eigenvalue weighted by molar-refractivity contribution is 0.0940. The number of halogens is 1. The molecule has 2 aliphatic rings. The Labute approximate surface area is 173 Å². The number of nitrogens with one attached hydrogen (secondary N) is 2. The number of amides is 3. The summed E-state index contributed by atoms with van der Waals surface area (Å²) in [6, 6.07) is 15.5. The molecule has 2 aromatic rings. The third-order valence-corrected chi connectivity index (χ3v) is 5.74. The molecule has 2 saturated heterocycles. The van der Waals surface area contributed by atoms with Crippen LogP contribution in [0.15, 0.2) is 53.0 Å². The molecule has 7 heteroatoms. The number of benzene rings is 2. The van der Waals surface area contributed by atoms with Crippen molar-refractivity contribution >= 4 is 39.2 Å². The number of carbonyl (C=O) groups is 2. The molecule has 0 aliphatic carbocycles. The van der Waals surface area contributed by atoms with E-state index in [2.05, 4.69) is 43.6 Å². The maximum atomic E-state index is 12.8. The van der Waals surface area contributed by atoms with Crippen molar-refractivity contribution in [1.82, 2.24) is 10.6 Å². The highest BCUT2D eigenvalue weighted by Gasteiger charge is 2.25. The fourth-order valence-corrected chi connectivity index (χ4v) is 3.99. The van der Waals surface area contributed by atoms with E-state index in [1.807, 2.05) is 24.3 Å². The van der Waals surface area contributed by atoms with Gasteiger partial charge in [-0.25, -0.2) is 4.79 Å². The van der Waals surface area contributed by atoms with Gasteiger partial charge in [0.1, 0.15) is 0 Å². The van der Waals surface area contributed by atoms with Crippen molar-refractivity contribution in [3.05, 3.63) is 58.6 Å². The Kier molecular flexibility index (Phi) is 5.52. The second kappa shape index (κ2) is 8.22. The van der Waals surface area contributed by atoms with Crippen LogP contribution in [0.4, 0.5) is 16.2 Å². The van der Waals surface area contributed by atoms with Crippen LogP contribution in [-0.2, 0) is 0 Å². The number of carbonyl (C=O) groups excluding carboxylic acids is 2. The molecule has 2 N–H and O–H groups in total. The molecule has 6 nitrogen and oxygen atoms in total. The first-order valence-corrected chi connectivity index (χ1v) is 10.4. The van der Waals surface area contributed by atoms with E-state index in [1.54, 1.807) is 17.0 Å². The zero-order valence-electron chi connectivity index (χ0n) is 15.5. The summed E-state index contributed by atoms with van der Waals surface area (Å²) in [5.41, 5.74) is 2.50. The summed E-state index contributed by atoms with van der Waals surface area (Å²) >= 11 is 3.46. The molecule has 0 spiro atoms. The van der Waals surface area contributed by atoms with Gasteiger partial charge in [-0.3, -0.25) is 9.69 Å². The molecule has 0 unspecified atom stereocenters. The monoisotopic (exact) mass is 442 g/mol. The molecule has 1 atom stereocenters. The summed E-state index contributed by atoms with van der Waals surface area (Å²) in [4.78, 5) is 28.8. The summed E-state index contributed by atoms with van der Waals surface area (Å²) < 4.78 is 1.06. The van der Waals surface area contributed by atoms with E-state index in [9.17, 15) is 9.59 Å². The standard InChI is InChI=1S/C21H23BrN4O2/c22-16-5-7-18(8-6-16)25-12-9-17(14-25)24-20(27)15-3-1-4-19(13-15)26-11-2-10-23-21(26)28/h1,3-8,13,17H,2,9-12,14H2,(H,23,28)(H,24,27)/t17-/m0/s1. The molecule has 4 rings (SSSR count). The normalized spacial score (nSPS) is 19.5. The van der Waals surface area contributed by atoms with E-state index in [1.165, 1.54) is 0 Å². The minimum absolute atomic E-state index is 0.0954. The van der Waals surface area contributed by atoms with Gasteiger partial charge in [-0.05, 0) is 55.3 Å². The fraction of sp³-hybridized carbons (Fsp3) is 0.333. The van der Waals surface area contributed by atoms with Crippen molar-refractivity contribution in [1.29, 1.82) is 0 Å². The third-order valence-electron chi connectivity index (χ3n) is 5.22. The predicted molar refractivity (Wildman–Crippen MR) is 114 cm³/mol. The molecule has 0 bridgehead atoms. The molecule has 0 saturated carbocycles. The highest BCUT2D eigenvalue weighted by atomic mass is 79.9. The van der Waals surface area contributed by atoms with Crippen LogP contribution in [0.25, 0.3) is 0 Å². The smallest absolute Gasteiger partial charge is 0.321 e. The number of hydrogen-bond donors (Lipinski definition) is 2. The Morgan fingerprint density at radius 3 is 2.71 bits per heavy atom. The van der Waals surface area contributed by atoms with Crippen molar-refractivity contribution in [2.75, 3.05) is 36.0 Å². The highest BCUT2D eigenvalue weighted by molar-refractivity contribution is 9.10. The number of urea groups is 1. The van der Waals surface area contributed by atoms with Crippen LogP contribution < -0.4 is 20.4 Å². The van der Waals surface area contributed by atoms with Crippen LogP contribution >= 0.6 is 15.9 Å². The number of anilines is 2. The average Bonchev–Trinajstić information content (AvgIpc) is 3.17. The van der Waals surface area contributed by atoms with E-state index in [4.69, 9.17) is 0 Å². The molecule has 146 valence electrons. The van der Waals surface area contributed by atoms with Gasteiger partial charge in [0.15, 0.2) is 0 Å². The zero-order valence-corrected chi connectivity index (χ0v) is 17.1. The number of nitrogens with zero attached hydrogens (tertiary/aromatic N) is 2. The van der Waals surface area contributed by atoms with Crippen LogP contribution in [0.3, 0.4) is 0 Å². The van der Waals surface area contributed by atoms with Crippen molar-refractivity contribution < 1.29 is 9.59 Å². The molecule has 2 aromatic carbocycles. The van der Waals surface area contributed by atoms with E-state index in [0.717, 1.165) is 41.8 Å². The van der Waals surface area contributed by atoms with Gasteiger partial charge in [-0.15, -0.1) is 0 Å². The second-order valence-electron chi connectivity index (χ2n) is 7.17. The lowest BCUT2D eigenvalue weighted by Gasteiger charge is -2.27. The summed E-state index contributed by atoms with van der Waals surface area (Å²) in [6.07, 6.45) is 1.81. The Bertz CT molecular complexity index is 871. The number of rotatable bonds is 4. The molecular weight excluding hydrogens is 420 g/mol. The van der Waals surface area contributed by atoms with Gasteiger partial charge in [0, 0.05) is 53.6 Å². The van der Waals surface area contributed by atoms with E-state index >= 15 is 0 Å². The molecule has 3 amide bonds. The lowest BCUT2D eigenvalue weighted by atomic mass is 10.1. The molecule has 2 heterocycles. The summed E-state index contributed by atoms with van der Waals surface area (Å²) in [7, 11) is 0. The van der Waals surface area contributed by atoms with Crippen LogP contribution in [0.1, 0.15) is 23.2 Å². The Hall–Kier alpha value is -2.54. The van der Waals surface area contributed by atoms with Gasteiger partial charge in [0.2, 0.25) is 0 Å². The molecular formula is C21H23BrN4O2. The minimum Gasteiger partial charge on any atom is -0.369 e. The van der Waals surface area contributed by atoms with Crippen LogP contribution in [0.5, 0.6) is 0 Å². The van der Waals surface area contributed by atoms with Crippen LogP contribution in [0.2, 0.25) is 0 Å². The SMILES string of the molecule is O=C(N[C@H]1CCN(c2ccc(Br)cc2)C1)c1cccc(N2CCCNC2=O)c1. The van der Waals surface area contributed by atoms with Gasteiger partial charge in [0.05, 0.1) is 0 Å². The summed E-state index contributed by atoms with van der Waals surface area (Å²) in [6.45, 7) is 3.08. The average molecular weight is 443 g/mol. The van der Waals surface area contributed by atoms with Gasteiger partial charge < -0.3 is 15.5 Å². The molecule has 0 radical (unpaired) electrons. The first-order valence-electron chi connectivity index (χ1n) is 9.57. The van der Waals surface area contributed by atoms with Gasteiger partial charge >= 0.3 is 6.03 Å². The minimum atomic E-state index is -0.107. The van der Waals surface area contributed by atoms with Crippen molar-refractivity contribution in [3.63, 3.8) is 0 Å². The van der Waals surface area contributed by atoms with Crippen LogP contribution in [0, 0.1) is 0 Å². The van der Waals surface area contributed by atoms with Gasteiger partial charge in [0.25, 0.3) is 5.91 Å². The zero-order chi connectivity index (χ0) is 19.5. The second-order valence-corrected chi connectivity index (χ2v) is 8.08. The van der Waals surface area contributed by atoms with E-state index < -0.39 is 0 Å². The van der Waals surface area contributed by atoms with Gasteiger partial charge in [-0.1, -0.05) is 22.0 Å². The maximum absolute atomic E-state index is 12.8. The Morgan fingerprint density at radius 1 is 1.11 bits per heavy atom. The van der Waals surface area contributed by atoms with Crippen molar-refractivity contribution in [3.8, 4) is 0 Å². The quantitative estimate of drug-likeness (QED) is 0.762. The number of hydrogen-bond acceptors (Lipinski definition) is 3. The summed E-state index contributed by atoms with van der Waals surface area (Å²) in [5.74, 6) is -0.0954. The van der Waals surface area contributed by atoms with Gasteiger partial charge in [-0.2, -0.15) is 0 Å². The highest BCUT2D eigenvalue weighted by Crippen LogP contribution is 2.23. The molecule has 0 aromatic heterocycles. The van der Waals surface area contributed by atoms with Crippen LogP contribution in [-0.4, -0.2) is 44.2 Å². The van der Waals surface area contributed by atoms with Crippen molar-refractivity contribution in [2.45, 2.75) is 18.9 Å². The Balaban J connectivity index is 1.39. The van der Waals surface area contributed by atoms with E-state index in [0.29, 0.717) is 18.7 Å². The molecule has 2 aliphatic heterocycles. The van der Waals surface area contributed by atoms with E-state index in [-0.39, 0.29) is 18.0 Å². The predicted octanol–water partition coefficient (Wildman–Crippen LogP) is 3.38.